The highest BCUT2D eigenvalue weighted by molar-refractivity contribution is 6.23. The maximum absolute atomic E-state index is 6.60. The first-order chi connectivity index (χ1) is 6.71. The van der Waals surface area contributed by atoms with E-state index in [9.17, 15) is 0 Å². The first-order valence-corrected chi connectivity index (χ1v) is 5.85. The van der Waals surface area contributed by atoms with Crippen LogP contribution in [0.2, 0.25) is 0 Å². The number of hydrogen-bond acceptors (Lipinski definition) is 0. The number of rotatable bonds is 2. The van der Waals surface area contributed by atoms with Gasteiger partial charge in [0.2, 0.25) is 0 Å². The van der Waals surface area contributed by atoms with Gasteiger partial charge >= 0.3 is 0 Å². The van der Waals surface area contributed by atoms with Gasteiger partial charge in [0, 0.05) is 0 Å². The molecule has 0 amide bonds. The largest absolute Gasteiger partial charge is 0.114 e. The highest BCUT2D eigenvalue weighted by Crippen LogP contribution is 2.39. The van der Waals surface area contributed by atoms with E-state index in [1.54, 1.807) is 0 Å². The van der Waals surface area contributed by atoms with Crippen LogP contribution >= 0.6 is 11.6 Å². The molecular formula is C14H21Cl. The minimum absolute atomic E-state index is 0.251. The summed E-state index contributed by atoms with van der Waals surface area (Å²) in [6.07, 6.45) is 0.977. The summed E-state index contributed by atoms with van der Waals surface area (Å²) in [6, 6.07) is 8.51. The molecule has 15 heavy (non-hydrogen) atoms. The zero-order valence-electron chi connectivity index (χ0n) is 10.4. The van der Waals surface area contributed by atoms with Gasteiger partial charge in [0.15, 0.2) is 0 Å². The van der Waals surface area contributed by atoms with E-state index >= 15 is 0 Å². The van der Waals surface area contributed by atoms with E-state index in [4.69, 9.17) is 11.6 Å². The number of hydrogen-bond donors (Lipinski definition) is 0. The zero-order chi connectivity index (χ0) is 11.7. The lowest BCUT2D eigenvalue weighted by molar-refractivity contribution is 0.327. The van der Waals surface area contributed by atoms with Crippen molar-refractivity contribution in [1.82, 2.24) is 0 Å². The van der Waals surface area contributed by atoms with Crippen molar-refractivity contribution in [1.29, 1.82) is 0 Å². The van der Waals surface area contributed by atoms with Crippen molar-refractivity contribution < 1.29 is 0 Å². The lowest BCUT2D eigenvalue weighted by Crippen LogP contribution is -2.22. The number of benzene rings is 1. The normalized spacial score (nSPS) is 16.1. The fourth-order valence-corrected chi connectivity index (χ4v) is 2.53. The van der Waals surface area contributed by atoms with Crippen LogP contribution in [0.15, 0.2) is 24.3 Å². The van der Waals surface area contributed by atoms with Crippen LogP contribution < -0.4 is 0 Å². The van der Waals surface area contributed by atoms with Gasteiger partial charge in [-0.3, -0.25) is 0 Å². The molecule has 0 aliphatic heterocycles. The summed E-state index contributed by atoms with van der Waals surface area (Å²) in [5, 5.41) is 0. The average molecular weight is 225 g/mol. The minimum atomic E-state index is -0.258. The van der Waals surface area contributed by atoms with Crippen molar-refractivity contribution in [2.24, 2.45) is 5.41 Å². The molecule has 0 saturated heterocycles. The molecule has 1 atom stereocenters. The van der Waals surface area contributed by atoms with Gasteiger partial charge in [-0.1, -0.05) is 50.6 Å². The molecule has 1 rings (SSSR count). The van der Waals surface area contributed by atoms with Crippen LogP contribution in [0.25, 0.3) is 0 Å². The number of halogens is 1. The van der Waals surface area contributed by atoms with Gasteiger partial charge in [0.1, 0.15) is 0 Å². The molecule has 0 saturated carbocycles. The first-order valence-electron chi connectivity index (χ1n) is 5.47. The molecule has 1 heteroatoms. The molecule has 0 bridgehead atoms. The van der Waals surface area contributed by atoms with E-state index in [1.807, 2.05) is 0 Å². The van der Waals surface area contributed by atoms with E-state index in [0.717, 1.165) is 6.42 Å². The van der Waals surface area contributed by atoms with E-state index in [-0.39, 0.29) is 10.3 Å². The third-order valence-electron chi connectivity index (χ3n) is 2.52. The van der Waals surface area contributed by atoms with Gasteiger partial charge in [-0.25, -0.2) is 0 Å². The molecule has 0 radical (unpaired) electrons. The van der Waals surface area contributed by atoms with Gasteiger partial charge < -0.3 is 0 Å². The van der Waals surface area contributed by atoms with Crippen molar-refractivity contribution >= 4 is 11.6 Å². The summed E-state index contributed by atoms with van der Waals surface area (Å²) in [4.78, 5) is -0.258. The summed E-state index contributed by atoms with van der Waals surface area (Å²) in [7, 11) is 0. The lowest BCUT2D eigenvalue weighted by Gasteiger charge is -2.30. The predicted octanol–water partition coefficient (Wildman–Crippen LogP) is 4.89. The van der Waals surface area contributed by atoms with Crippen LogP contribution in [0.5, 0.6) is 0 Å². The van der Waals surface area contributed by atoms with Gasteiger partial charge in [-0.2, -0.15) is 0 Å². The average Bonchev–Trinajstić information content (AvgIpc) is 2.00. The molecule has 0 aliphatic rings. The van der Waals surface area contributed by atoms with Crippen LogP contribution in [-0.4, -0.2) is 0 Å². The van der Waals surface area contributed by atoms with Crippen LogP contribution in [0.3, 0.4) is 0 Å². The van der Waals surface area contributed by atoms with Crippen molar-refractivity contribution in [3.8, 4) is 0 Å². The Hall–Kier alpha value is -0.490. The molecule has 1 aromatic rings. The molecule has 0 aromatic heterocycles. The first kappa shape index (κ1) is 12.6. The summed E-state index contributed by atoms with van der Waals surface area (Å²) < 4.78 is 0. The van der Waals surface area contributed by atoms with E-state index in [0.29, 0.717) is 0 Å². The third-order valence-corrected chi connectivity index (χ3v) is 2.87. The van der Waals surface area contributed by atoms with E-state index in [1.165, 1.54) is 11.1 Å². The van der Waals surface area contributed by atoms with Gasteiger partial charge in [-0.05, 0) is 31.2 Å². The topological polar surface area (TPSA) is 0 Å². The van der Waals surface area contributed by atoms with Crippen LogP contribution in [0.1, 0.15) is 45.2 Å². The molecule has 0 spiro atoms. The standard InChI is InChI=1S/C14H21Cl/c1-11-6-8-12(9-7-11)14(5,15)10-13(2,3)4/h6-9H,10H2,1-5H3. The molecule has 0 aliphatic carbocycles. The minimum Gasteiger partial charge on any atom is -0.114 e. The molecule has 0 nitrogen and oxygen atoms in total. The Morgan fingerprint density at radius 1 is 1.00 bits per heavy atom. The molecule has 84 valence electrons. The lowest BCUT2D eigenvalue weighted by atomic mass is 9.81. The molecule has 1 unspecified atom stereocenters. The zero-order valence-corrected chi connectivity index (χ0v) is 11.2. The van der Waals surface area contributed by atoms with E-state index in [2.05, 4.69) is 58.9 Å². The second kappa shape index (κ2) is 4.17. The Labute approximate surface area is 98.7 Å². The monoisotopic (exact) mass is 224 g/mol. The van der Waals surface area contributed by atoms with Gasteiger partial charge in [-0.15, -0.1) is 11.6 Å². The fourth-order valence-electron chi connectivity index (χ4n) is 2.00. The summed E-state index contributed by atoms with van der Waals surface area (Å²) in [5.41, 5.74) is 2.74. The van der Waals surface area contributed by atoms with Crippen molar-refractivity contribution in [3.63, 3.8) is 0 Å². The maximum atomic E-state index is 6.60. The van der Waals surface area contributed by atoms with Crippen molar-refractivity contribution in [2.45, 2.75) is 45.9 Å². The van der Waals surface area contributed by atoms with Crippen molar-refractivity contribution in [3.05, 3.63) is 35.4 Å². The predicted molar refractivity (Wildman–Crippen MR) is 68.5 cm³/mol. The molecule has 1 aromatic carbocycles. The third kappa shape index (κ3) is 3.87. The fraction of sp³-hybridized carbons (Fsp3) is 0.571. The molecule has 0 heterocycles. The Bertz CT molecular complexity index is 314. The molecular weight excluding hydrogens is 204 g/mol. The van der Waals surface area contributed by atoms with Crippen LogP contribution in [-0.2, 0) is 4.87 Å². The quantitative estimate of drug-likeness (QED) is 0.628. The molecule has 0 fully saturated rings. The Kier molecular flexibility index (Phi) is 3.50. The number of aryl methyl sites for hydroxylation is 1. The Morgan fingerprint density at radius 3 is 1.87 bits per heavy atom. The maximum Gasteiger partial charge on any atom is 0.0671 e. The highest BCUT2D eigenvalue weighted by atomic mass is 35.5. The number of alkyl halides is 1. The van der Waals surface area contributed by atoms with E-state index < -0.39 is 0 Å². The van der Waals surface area contributed by atoms with Crippen LogP contribution in [0, 0.1) is 12.3 Å². The second-order valence-electron chi connectivity index (χ2n) is 5.80. The van der Waals surface area contributed by atoms with Gasteiger partial charge in [0.05, 0.1) is 4.87 Å². The smallest absolute Gasteiger partial charge is 0.0671 e. The Balaban J connectivity index is 2.90. The highest BCUT2D eigenvalue weighted by Gasteiger charge is 2.29. The van der Waals surface area contributed by atoms with Crippen molar-refractivity contribution in [2.75, 3.05) is 0 Å². The van der Waals surface area contributed by atoms with Crippen LogP contribution in [0.4, 0.5) is 0 Å². The second-order valence-corrected chi connectivity index (χ2v) is 6.64. The summed E-state index contributed by atoms with van der Waals surface area (Å²) in [5.74, 6) is 0. The Morgan fingerprint density at radius 2 is 1.47 bits per heavy atom. The summed E-state index contributed by atoms with van der Waals surface area (Å²) in [6.45, 7) is 10.9. The summed E-state index contributed by atoms with van der Waals surface area (Å²) >= 11 is 6.60. The molecule has 0 N–H and O–H groups in total. The SMILES string of the molecule is Cc1ccc(C(C)(Cl)CC(C)(C)C)cc1. The van der Waals surface area contributed by atoms with Gasteiger partial charge in [0.25, 0.3) is 0 Å².